The Morgan fingerprint density at radius 1 is 1.15 bits per heavy atom. The Morgan fingerprint density at radius 3 is 2.81 bits per heavy atom. The van der Waals surface area contributed by atoms with Crippen LogP contribution in [0.5, 0.6) is 11.5 Å². The fourth-order valence-corrected chi connectivity index (χ4v) is 3.66. The van der Waals surface area contributed by atoms with Crippen molar-refractivity contribution in [1.82, 2.24) is 20.7 Å². The number of fused-ring (bicyclic) bond motifs is 2. The maximum atomic E-state index is 12.6. The van der Waals surface area contributed by atoms with Crippen molar-refractivity contribution in [2.45, 2.75) is 18.3 Å². The van der Waals surface area contributed by atoms with Crippen molar-refractivity contribution >= 4 is 11.6 Å². The zero-order valence-electron chi connectivity index (χ0n) is 14.3. The summed E-state index contributed by atoms with van der Waals surface area (Å²) in [5.41, 5.74) is 5.00. The average Bonchev–Trinajstić information content (AvgIpc) is 3.05. The number of pyridine rings is 1. The number of benzene rings is 1. The van der Waals surface area contributed by atoms with Gasteiger partial charge in [-0.3, -0.25) is 9.78 Å². The van der Waals surface area contributed by atoms with Gasteiger partial charge in [0.05, 0.1) is 11.6 Å². The number of nitrogens with zero attached hydrogens (tertiary/aromatic N) is 2. The molecule has 1 saturated heterocycles. The quantitative estimate of drug-likeness (QED) is 0.715. The first kappa shape index (κ1) is 16.1. The minimum atomic E-state index is -0.922. The van der Waals surface area contributed by atoms with Crippen molar-refractivity contribution < 1.29 is 19.4 Å². The van der Waals surface area contributed by atoms with Crippen LogP contribution in [0.2, 0.25) is 0 Å². The van der Waals surface area contributed by atoms with Gasteiger partial charge in [-0.05, 0) is 30.3 Å². The molecule has 1 amide bonds. The summed E-state index contributed by atoms with van der Waals surface area (Å²) in [4.78, 5) is 17.0. The van der Waals surface area contributed by atoms with Gasteiger partial charge in [0, 0.05) is 23.5 Å². The molecule has 3 unspecified atom stereocenters. The maximum Gasteiger partial charge on any atom is 0.264 e. The van der Waals surface area contributed by atoms with E-state index in [4.69, 9.17) is 9.47 Å². The van der Waals surface area contributed by atoms with E-state index in [0.717, 1.165) is 5.56 Å². The number of carbonyl (C=O) groups is 1. The monoisotopic (exact) mass is 366 g/mol. The van der Waals surface area contributed by atoms with E-state index in [1.165, 1.54) is 11.1 Å². The Kier molecular flexibility index (Phi) is 3.73. The van der Waals surface area contributed by atoms with Crippen LogP contribution in [0.1, 0.15) is 17.2 Å². The summed E-state index contributed by atoms with van der Waals surface area (Å²) in [5.74, 6) is 0.707. The van der Waals surface area contributed by atoms with Gasteiger partial charge in [0.1, 0.15) is 25.6 Å². The number of nitrogens with one attached hydrogen (secondary N) is 2. The second-order valence-corrected chi connectivity index (χ2v) is 6.57. The number of aliphatic hydroxyl groups excluding tert-OH is 1. The zero-order valence-corrected chi connectivity index (χ0v) is 14.3. The van der Waals surface area contributed by atoms with Gasteiger partial charge in [-0.1, -0.05) is 6.07 Å². The van der Waals surface area contributed by atoms with E-state index in [1.54, 1.807) is 6.20 Å². The number of aliphatic hydroxyl groups is 1. The van der Waals surface area contributed by atoms with Crippen LogP contribution >= 0.6 is 0 Å². The fraction of sp³-hybridized carbons (Fsp3) is 0.263. The third-order valence-electron chi connectivity index (χ3n) is 4.92. The van der Waals surface area contributed by atoms with Crippen LogP contribution in [0.25, 0.3) is 5.70 Å². The number of amides is 1. The van der Waals surface area contributed by atoms with Gasteiger partial charge in [-0.15, -0.1) is 0 Å². The van der Waals surface area contributed by atoms with E-state index in [-0.39, 0.29) is 5.91 Å². The summed E-state index contributed by atoms with van der Waals surface area (Å²) in [6.07, 6.45) is 1.79. The van der Waals surface area contributed by atoms with Crippen LogP contribution in [-0.2, 0) is 4.79 Å². The number of hydrogen-bond donors (Lipinski definition) is 3. The number of carbonyl (C=O) groups excluding carboxylic acids is 1. The van der Waals surface area contributed by atoms with E-state index in [1.807, 2.05) is 36.4 Å². The van der Waals surface area contributed by atoms with Crippen molar-refractivity contribution in [3.8, 4) is 11.5 Å². The van der Waals surface area contributed by atoms with E-state index >= 15 is 0 Å². The molecule has 0 saturated carbocycles. The van der Waals surface area contributed by atoms with Crippen LogP contribution in [-0.4, -0.2) is 46.6 Å². The lowest BCUT2D eigenvalue weighted by molar-refractivity contribution is -0.131. The van der Waals surface area contributed by atoms with Crippen LogP contribution < -0.4 is 20.2 Å². The average molecular weight is 366 g/mol. The van der Waals surface area contributed by atoms with Gasteiger partial charge in [0.2, 0.25) is 0 Å². The summed E-state index contributed by atoms with van der Waals surface area (Å²) in [6.45, 7) is 1.02. The molecule has 27 heavy (non-hydrogen) atoms. The van der Waals surface area contributed by atoms with Crippen molar-refractivity contribution in [2.24, 2.45) is 0 Å². The van der Waals surface area contributed by atoms with Gasteiger partial charge in [-0.25, -0.2) is 10.4 Å². The van der Waals surface area contributed by atoms with Gasteiger partial charge in [0.15, 0.2) is 11.5 Å². The van der Waals surface area contributed by atoms with E-state index in [2.05, 4.69) is 15.7 Å². The van der Waals surface area contributed by atoms with E-state index in [9.17, 15) is 9.90 Å². The van der Waals surface area contributed by atoms with E-state index in [0.29, 0.717) is 36.1 Å². The molecule has 3 atom stereocenters. The third-order valence-corrected chi connectivity index (χ3v) is 4.92. The minimum absolute atomic E-state index is 0.235. The van der Waals surface area contributed by atoms with Gasteiger partial charge < -0.3 is 19.9 Å². The molecule has 1 fully saturated rings. The van der Waals surface area contributed by atoms with Crippen molar-refractivity contribution in [3.63, 3.8) is 0 Å². The maximum absolute atomic E-state index is 12.6. The lowest BCUT2D eigenvalue weighted by Gasteiger charge is -2.32. The molecule has 3 aliphatic rings. The predicted octanol–water partition coefficient (Wildman–Crippen LogP) is 0.572. The predicted molar refractivity (Wildman–Crippen MR) is 95.3 cm³/mol. The molecule has 1 aromatic heterocycles. The largest absolute Gasteiger partial charge is 0.486 e. The smallest absolute Gasteiger partial charge is 0.264 e. The topological polar surface area (TPSA) is 96.0 Å². The zero-order chi connectivity index (χ0) is 18.4. The second-order valence-electron chi connectivity index (χ2n) is 6.57. The van der Waals surface area contributed by atoms with Crippen LogP contribution in [0, 0.1) is 0 Å². The standard InChI is InChI=1S/C19H18N4O4/c24-16-10-13(11-4-5-14-15(9-11)27-8-7-26-14)21-18-17(19(25)22-23(16)18)12-3-1-2-6-20-12/h1-6,9-10,17-19,21-22,25H,7-8H2. The van der Waals surface area contributed by atoms with Gasteiger partial charge in [0.25, 0.3) is 5.91 Å². The molecule has 8 heteroatoms. The number of aromatic nitrogens is 1. The highest BCUT2D eigenvalue weighted by Gasteiger charge is 2.46. The van der Waals surface area contributed by atoms with Crippen molar-refractivity contribution in [1.29, 1.82) is 0 Å². The molecule has 0 bridgehead atoms. The molecule has 138 valence electrons. The summed E-state index contributed by atoms with van der Waals surface area (Å²) in [6, 6.07) is 11.1. The first-order chi connectivity index (χ1) is 13.2. The minimum Gasteiger partial charge on any atom is -0.486 e. The SMILES string of the molecule is O=C1C=C(c2ccc3c(c2)OCCO3)NC2C(c3ccccn3)C(O)NN12. The van der Waals surface area contributed by atoms with Crippen LogP contribution in [0.4, 0.5) is 0 Å². The van der Waals surface area contributed by atoms with E-state index < -0.39 is 18.3 Å². The summed E-state index contributed by atoms with van der Waals surface area (Å²) in [5, 5.41) is 15.2. The first-order valence-corrected chi connectivity index (χ1v) is 8.77. The Balaban J connectivity index is 1.48. The van der Waals surface area contributed by atoms with Crippen molar-refractivity contribution in [3.05, 3.63) is 59.9 Å². The molecule has 0 aliphatic carbocycles. The Bertz CT molecular complexity index is 917. The Labute approximate surface area is 155 Å². The third kappa shape index (κ3) is 2.70. The molecular weight excluding hydrogens is 348 g/mol. The summed E-state index contributed by atoms with van der Waals surface area (Å²) >= 11 is 0. The molecule has 3 aliphatic heterocycles. The second kappa shape index (κ2) is 6.26. The lowest BCUT2D eigenvalue weighted by atomic mass is 9.98. The molecule has 5 rings (SSSR count). The molecule has 0 spiro atoms. The molecule has 4 heterocycles. The highest BCUT2D eigenvalue weighted by atomic mass is 16.6. The molecular formula is C19H18N4O4. The molecule has 0 radical (unpaired) electrons. The number of ether oxygens (including phenoxy) is 2. The molecule has 8 nitrogen and oxygen atoms in total. The number of hydrogen-bond acceptors (Lipinski definition) is 7. The summed E-state index contributed by atoms with van der Waals surface area (Å²) < 4.78 is 11.2. The molecule has 3 N–H and O–H groups in total. The highest BCUT2D eigenvalue weighted by molar-refractivity contribution is 5.97. The lowest BCUT2D eigenvalue weighted by Crippen LogP contribution is -2.52. The van der Waals surface area contributed by atoms with Gasteiger partial charge >= 0.3 is 0 Å². The number of hydrazine groups is 1. The molecule has 2 aromatic rings. The summed E-state index contributed by atoms with van der Waals surface area (Å²) in [7, 11) is 0. The van der Waals surface area contributed by atoms with Crippen LogP contribution in [0.3, 0.4) is 0 Å². The Morgan fingerprint density at radius 2 is 2.00 bits per heavy atom. The van der Waals surface area contributed by atoms with Crippen molar-refractivity contribution in [2.75, 3.05) is 13.2 Å². The fourth-order valence-electron chi connectivity index (χ4n) is 3.66. The highest BCUT2D eigenvalue weighted by Crippen LogP contribution is 2.36. The number of rotatable bonds is 2. The normalized spacial score (nSPS) is 26.3. The Hall–Kier alpha value is -3.10. The molecule has 1 aromatic carbocycles. The first-order valence-electron chi connectivity index (χ1n) is 8.77. The van der Waals surface area contributed by atoms with Gasteiger partial charge in [-0.2, -0.15) is 0 Å². The van der Waals surface area contributed by atoms with Crippen LogP contribution in [0.15, 0.2) is 48.7 Å².